The summed E-state index contributed by atoms with van der Waals surface area (Å²) in [5, 5.41) is 2.87. The molecule has 1 aromatic heterocycles. The summed E-state index contributed by atoms with van der Waals surface area (Å²) in [5.41, 5.74) is 3.91. The molecule has 0 aliphatic carbocycles. The number of anilines is 1. The molecule has 1 atom stereocenters. The number of nitrogens with one attached hydrogen (secondary N) is 1. The van der Waals surface area contributed by atoms with Crippen molar-refractivity contribution in [3.8, 4) is 16.9 Å². The minimum Gasteiger partial charge on any atom is -0.376 e. The Balaban J connectivity index is 1.43. The van der Waals surface area contributed by atoms with Crippen molar-refractivity contribution in [2.75, 3.05) is 25.0 Å². The molecule has 1 aliphatic heterocycles. The van der Waals surface area contributed by atoms with Crippen LogP contribution in [0.25, 0.3) is 16.9 Å². The van der Waals surface area contributed by atoms with E-state index in [0.717, 1.165) is 24.0 Å². The Kier molecular flexibility index (Phi) is 7.84. The van der Waals surface area contributed by atoms with Gasteiger partial charge < -0.3 is 9.64 Å². The molecule has 0 spiro atoms. The lowest BCUT2D eigenvalue weighted by Crippen LogP contribution is -2.42. The monoisotopic (exact) mass is 526 g/mol. The van der Waals surface area contributed by atoms with E-state index in [-0.39, 0.29) is 30.3 Å². The molecule has 39 heavy (non-hydrogen) atoms. The van der Waals surface area contributed by atoms with Gasteiger partial charge in [0.05, 0.1) is 17.5 Å². The van der Waals surface area contributed by atoms with Crippen LogP contribution in [0.3, 0.4) is 0 Å². The first kappa shape index (κ1) is 26.3. The van der Waals surface area contributed by atoms with E-state index in [2.05, 4.69) is 10.3 Å². The summed E-state index contributed by atoms with van der Waals surface area (Å²) < 4.78 is 21.9. The molecule has 4 aromatic rings. The molecular weight excluding hydrogens is 495 g/mol. The molecule has 1 aliphatic rings. The summed E-state index contributed by atoms with van der Waals surface area (Å²) >= 11 is 0. The van der Waals surface area contributed by atoms with E-state index in [1.807, 2.05) is 55.5 Å². The first-order valence-electron chi connectivity index (χ1n) is 13.1. The van der Waals surface area contributed by atoms with Crippen LogP contribution in [-0.2, 0) is 9.53 Å². The SMILES string of the molecule is Cc1ccc(-n2cc(-c3ccccc3)nc2NC(=O)CN(CC2CCCO2)C(=O)c2ccccc2C)cc1F. The number of hydrogen-bond acceptors (Lipinski definition) is 4. The van der Waals surface area contributed by atoms with Gasteiger partial charge in [-0.3, -0.25) is 19.5 Å². The second-order valence-corrected chi connectivity index (χ2v) is 9.80. The van der Waals surface area contributed by atoms with Gasteiger partial charge in [-0.15, -0.1) is 0 Å². The molecule has 2 amide bonds. The molecule has 5 rings (SSSR count). The van der Waals surface area contributed by atoms with Crippen molar-refractivity contribution in [3.05, 3.63) is 102 Å². The number of benzene rings is 3. The lowest BCUT2D eigenvalue weighted by Gasteiger charge is -2.25. The first-order chi connectivity index (χ1) is 18.9. The van der Waals surface area contributed by atoms with Crippen LogP contribution in [0.15, 0.2) is 79.0 Å². The third kappa shape index (κ3) is 6.07. The smallest absolute Gasteiger partial charge is 0.254 e. The fraction of sp³-hybridized carbons (Fsp3) is 0.258. The molecule has 0 radical (unpaired) electrons. The largest absolute Gasteiger partial charge is 0.376 e. The van der Waals surface area contributed by atoms with Crippen molar-refractivity contribution in [1.29, 1.82) is 0 Å². The predicted molar refractivity (Wildman–Crippen MR) is 148 cm³/mol. The second-order valence-electron chi connectivity index (χ2n) is 9.80. The van der Waals surface area contributed by atoms with Crippen molar-refractivity contribution < 1.29 is 18.7 Å². The van der Waals surface area contributed by atoms with Gasteiger partial charge in [-0.2, -0.15) is 0 Å². The van der Waals surface area contributed by atoms with E-state index < -0.39 is 5.91 Å². The van der Waals surface area contributed by atoms with Gasteiger partial charge in [-0.05, 0) is 56.0 Å². The zero-order chi connectivity index (χ0) is 27.4. The Bertz CT molecular complexity index is 1480. The molecular formula is C31H31FN4O3. The number of hydrogen-bond donors (Lipinski definition) is 1. The molecule has 0 bridgehead atoms. The van der Waals surface area contributed by atoms with Gasteiger partial charge in [0.25, 0.3) is 5.91 Å². The summed E-state index contributed by atoms with van der Waals surface area (Å²) in [5.74, 6) is -0.754. The highest BCUT2D eigenvalue weighted by molar-refractivity contribution is 6.00. The van der Waals surface area contributed by atoms with Gasteiger partial charge in [0.1, 0.15) is 12.4 Å². The Morgan fingerprint density at radius 3 is 2.54 bits per heavy atom. The molecule has 3 aromatic carbocycles. The Morgan fingerprint density at radius 1 is 1.05 bits per heavy atom. The summed E-state index contributed by atoms with van der Waals surface area (Å²) in [6.45, 7) is 4.35. The third-order valence-corrected chi connectivity index (χ3v) is 6.91. The average molecular weight is 527 g/mol. The fourth-order valence-corrected chi connectivity index (χ4v) is 4.72. The fourth-order valence-electron chi connectivity index (χ4n) is 4.72. The molecule has 0 saturated carbocycles. The zero-order valence-electron chi connectivity index (χ0n) is 22.1. The average Bonchev–Trinajstić information content (AvgIpc) is 3.60. The zero-order valence-corrected chi connectivity index (χ0v) is 22.1. The number of rotatable bonds is 8. The highest BCUT2D eigenvalue weighted by Crippen LogP contribution is 2.25. The van der Waals surface area contributed by atoms with Gasteiger partial charge in [-0.25, -0.2) is 9.37 Å². The lowest BCUT2D eigenvalue weighted by atomic mass is 10.1. The lowest BCUT2D eigenvalue weighted by molar-refractivity contribution is -0.117. The van der Waals surface area contributed by atoms with Crippen LogP contribution in [0.5, 0.6) is 0 Å². The number of amides is 2. The van der Waals surface area contributed by atoms with Crippen LogP contribution in [0, 0.1) is 19.7 Å². The highest BCUT2D eigenvalue weighted by atomic mass is 19.1. The number of imidazole rings is 1. The molecule has 2 heterocycles. The normalized spacial score (nSPS) is 14.8. The maximum atomic E-state index is 14.5. The minimum atomic E-state index is -0.408. The quantitative estimate of drug-likeness (QED) is 0.326. The molecule has 1 fully saturated rings. The molecule has 1 saturated heterocycles. The Labute approximate surface area is 227 Å². The second kappa shape index (κ2) is 11.6. The number of aryl methyl sites for hydroxylation is 2. The highest BCUT2D eigenvalue weighted by Gasteiger charge is 2.26. The number of carbonyl (C=O) groups excluding carboxylic acids is 2. The Hall–Kier alpha value is -4.30. The van der Waals surface area contributed by atoms with Crippen molar-refractivity contribution >= 4 is 17.8 Å². The van der Waals surface area contributed by atoms with Crippen LogP contribution in [0.4, 0.5) is 10.3 Å². The van der Waals surface area contributed by atoms with Gasteiger partial charge in [0, 0.05) is 30.5 Å². The van der Waals surface area contributed by atoms with E-state index >= 15 is 0 Å². The van der Waals surface area contributed by atoms with E-state index in [0.29, 0.717) is 35.7 Å². The third-order valence-electron chi connectivity index (χ3n) is 6.91. The number of aromatic nitrogens is 2. The van der Waals surface area contributed by atoms with E-state index in [9.17, 15) is 14.0 Å². The molecule has 200 valence electrons. The van der Waals surface area contributed by atoms with Crippen LogP contribution in [0.1, 0.15) is 34.3 Å². The van der Waals surface area contributed by atoms with E-state index in [1.165, 1.54) is 11.0 Å². The summed E-state index contributed by atoms with van der Waals surface area (Å²) in [7, 11) is 0. The van der Waals surface area contributed by atoms with Crippen LogP contribution < -0.4 is 5.32 Å². The van der Waals surface area contributed by atoms with Gasteiger partial charge in [0.15, 0.2) is 0 Å². The van der Waals surface area contributed by atoms with Crippen LogP contribution >= 0.6 is 0 Å². The van der Waals surface area contributed by atoms with E-state index in [4.69, 9.17) is 4.74 Å². The Morgan fingerprint density at radius 2 is 1.82 bits per heavy atom. The predicted octanol–water partition coefficient (Wildman–Crippen LogP) is 5.56. The maximum Gasteiger partial charge on any atom is 0.254 e. The molecule has 1 N–H and O–H groups in total. The summed E-state index contributed by atoms with van der Waals surface area (Å²) in [6.07, 6.45) is 3.41. The van der Waals surface area contributed by atoms with Crippen LogP contribution in [-0.4, -0.2) is 52.1 Å². The number of ether oxygens (including phenoxy) is 1. The topological polar surface area (TPSA) is 76.5 Å². The number of halogens is 1. The number of carbonyl (C=O) groups is 2. The van der Waals surface area contributed by atoms with Gasteiger partial charge in [0.2, 0.25) is 11.9 Å². The minimum absolute atomic E-state index is 0.118. The molecule has 7 nitrogen and oxygen atoms in total. The summed E-state index contributed by atoms with van der Waals surface area (Å²) in [6, 6.07) is 21.7. The maximum absolute atomic E-state index is 14.5. The number of nitrogens with zero attached hydrogens (tertiary/aromatic N) is 3. The van der Waals surface area contributed by atoms with Gasteiger partial charge >= 0.3 is 0 Å². The van der Waals surface area contributed by atoms with Crippen LogP contribution in [0.2, 0.25) is 0 Å². The van der Waals surface area contributed by atoms with Gasteiger partial charge in [-0.1, -0.05) is 54.6 Å². The molecule has 8 heteroatoms. The van der Waals surface area contributed by atoms with E-state index in [1.54, 1.807) is 35.9 Å². The van der Waals surface area contributed by atoms with Crippen molar-refractivity contribution in [2.24, 2.45) is 0 Å². The van der Waals surface area contributed by atoms with Crippen molar-refractivity contribution in [1.82, 2.24) is 14.5 Å². The summed E-state index contributed by atoms with van der Waals surface area (Å²) in [4.78, 5) is 33.1. The van der Waals surface area contributed by atoms with Crippen molar-refractivity contribution in [3.63, 3.8) is 0 Å². The first-order valence-corrected chi connectivity index (χ1v) is 13.1. The van der Waals surface area contributed by atoms with Crippen molar-refractivity contribution in [2.45, 2.75) is 32.8 Å². The molecule has 1 unspecified atom stereocenters. The standard InChI is InChI=1S/C31H31FN4O3/c1-21-9-6-7-13-26(21)30(38)35(18-25-12-8-16-39-25)20-29(37)34-31-33-28(23-10-4-3-5-11-23)19-36(31)24-15-14-22(2)27(32)17-24/h3-7,9-11,13-15,17,19,25H,8,12,16,18,20H2,1-2H3,(H,33,34,37).